The average Bonchev–Trinajstić information content (AvgIpc) is 3.50. The van der Waals surface area contributed by atoms with Crippen molar-refractivity contribution < 1.29 is 14.4 Å². The minimum atomic E-state index is -0.134. The maximum atomic E-state index is 13.5. The first-order chi connectivity index (χ1) is 18.5. The first-order valence-electron chi connectivity index (χ1n) is 14.3. The number of nitrogens with zero attached hydrogens (tertiary/aromatic N) is 3. The monoisotopic (exact) mass is 518 g/mol. The highest BCUT2D eigenvalue weighted by Crippen LogP contribution is 2.30. The van der Waals surface area contributed by atoms with Gasteiger partial charge in [0.1, 0.15) is 0 Å². The van der Waals surface area contributed by atoms with Gasteiger partial charge in [-0.3, -0.25) is 14.4 Å². The predicted octanol–water partition coefficient (Wildman–Crippen LogP) is 5.14. The molecule has 0 unspecified atom stereocenters. The second kappa shape index (κ2) is 12.9. The van der Waals surface area contributed by atoms with E-state index in [0.717, 1.165) is 43.4 Å². The molecule has 1 heterocycles. The standard InChI is InChI=1S/C31H42N4O3/c1-4-26(23-12-8-7-9-13-23)30(37)35-20-18-34(19-21-35)28-17-16-25(32-29(36)24-14-10-11-15-24)22-27(28)31(38)33(5-2)6-3/h7-9,12-13,16-17,22,24,26H,4-6,10-11,14-15,18-21H2,1-3H3,(H,32,36)/t26-/m1/s1. The van der Waals surface area contributed by atoms with E-state index in [4.69, 9.17) is 0 Å². The van der Waals surface area contributed by atoms with Crippen LogP contribution in [-0.4, -0.2) is 66.8 Å². The van der Waals surface area contributed by atoms with Crippen molar-refractivity contribution in [2.75, 3.05) is 49.5 Å². The Bertz CT molecular complexity index is 1100. The molecule has 38 heavy (non-hydrogen) atoms. The average molecular weight is 519 g/mol. The van der Waals surface area contributed by atoms with E-state index in [1.165, 1.54) is 0 Å². The number of piperazine rings is 1. The quantitative estimate of drug-likeness (QED) is 0.499. The van der Waals surface area contributed by atoms with Crippen LogP contribution in [-0.2, 0) is 9.59 Å². The number of nitrogens with one attached hydrogen (secondary N) is 1. The molecule has 2 aliphatic rings. The number of hydrogen-bond donors (Lipinski definition) is 1. The third-order valence-corrected chi connectivity index (χ3v) is 8.11. The summed E-state index contributed by atoms with van der Waals surface area (Å²) in [5.41, 5.74) is 3.20. The molecule has 1 aliphatic carbocycles. The van der Waals surface area contributed by atoms with Gasteiger partial charge in [-0.05, 0) is 56.9 Å². The highest BCUT2D eigenvalue weighted by Gasteiger charge is 2.30. The summed E-state index contributed by atoms with van der Waals surface area (Å²) in [6.07, 6.45) is 4.82. The lowest BCUT2D eigenvalue weighted by Gasteiger charge is -2.38. The van der Waals surface area contributed by atoms with Crippen LogP contribution >= 0.6 is 0 Å². The Balaban J connectivity index is 1.50. The molecular formula is C31H42N4O3. The fourth-order valence-corrected chi connectivity index (χ4v) is 5.80. The highest BCUT2D eigenvalue weighted by atomic mass is 16.2. The summed E-state index contributed by atoms with van der Waals surface area (Å²) < 4.78 is 0. The zero-order chi connectivity index (χ0) is 27.1. The first-order valence-corrected chi connectivity index (χ1v) is 14.3. The molecule has 1 atom stereocenters. The molecule has 204 valence electrons. The lowest BCUT2D eigenvalue weighted by Crippen LogP contribution is -2.50. The van der Waals surface area contributed by atoms with Gasteiger partial charge >= 0.3 is 0 Å². The molecule has 2 fully saturated rings. The summed E-state index contributed by atoms with van der Waals surface area (Å²) in [6, 6.07) is 15.7. The van der Waals surface area contributed by atoms with Gasteiger partial charge in [0.25, 0.3) is 5.91 Å². The van der Waals surface area contributed by atoms with Gasteiger partial charge < -0.3 is 20.0 Å². The van der Waals surface area contributed by atoms with Gasteiger partial charge in [-0.1, -0.05) is 50.1 Å². The molecule has 3 amide bonds. The van der Waals surface area contributed by atoms with Gasteiger partial charge in [-0.25, -0.2) is 0 Å². The molecule has 4 rings (SSSR count). The van der Waals surface area contributed by atoms with Crippen LogP contribution in [0.5, 0.6) is 0 Å². The smallest absolute Gasteiger partial charge is 0.256 e. The highest BCUT2D eigenvalue weighted by molar-refractivity contribution is 6.02. The minimum Gasteiger partial charge on any atom is -0.367 e. The van der Waals surface area contributed by atoms with Crippen molar-refractivity contribution in [2.24, 2.45) is 5.92 Å². The van der Waals surface area contributed by atoms with Gasteiger partial charge in [0.2, 0.25) is 11.8 Å². The van der Waals surface area contributed by atoms with Crippen LogP contribution in [0.15, 0.2) is 48.5 Å². The first kappa shape index (κ1) is 27.7. The maximum Gasteiger partial charge on any atom is 0.256 e. The van der Waals surface area contributed by atoms with E-state index < -0.39 is 0 Å². The third-order valence-electron chi connectivity index (χ3n) is 8.11. The molecule has 1 aliphatic heterocycles. The van der Waals surface area contributed by atoms with E-state index >= 15 is 0 Å². The van der Waals surface area contributed by atoms with Crippen molar-refractivity contribution in [1.82, 2.24) is 9.80 Å². The number of carbonyl (C=O) groups is 3. The van der Waals surface area contributed by atoms with E-state index in [-0.39, 0.29) is 29.6 Å². The fraction of sp³-hybridized carbons (Fsp3) is 0.516. The number of carbonyl (C=O) groups excluding carboxylic acids is 3. The van der Waals surface area contributed by atoms with Crippen LogP contribution in [0.4, 0.5) is 11.4 Å². The lowest BCUT2D eigenvalue weighted by molar-refractivity contribution is -0.133. The number of anilines is 2. The van der Waals surface area contributed by atoms with E-state index in [9.17, 15) is 14.4 Å². The molecular weight excluding hydrogens is 476 g/mol. The molecule has 7 nitrogen and oxygen atoms in total. The van der Waals surface area contributed by atoms with Gasteiger partial charge in [0.05, 0.1) is 11.5 Å². The van der Waals surface area contributed by atoms with Gasteiger partial charge in [-0.2, -0.15) is 0 Å². The van der Waals surface area contributed by atoms with E-state index in [2.05, 4.69) is 17.1 Å². The van der Waals surface area contributed by atoms with Crippen LogP contribution in [0.2, 0.25) is 0 Å². The van der Waals surface area contributed by atoms with Gasteiger partial charge in [0, 0.05) is 56.6 Å². The van der Waals surface area contributed by atoms with E-state index in [0.29, 0.717) is 50.5 Å². The Labute approximate surface area is 227 Å². The van der Waals surface area contributed by atoms with Crippen LogP contribution < -0.4 is 10.2 Å². The Kier molecular flexibility index (Phi) is 9.43. The normalized spacial score (nSPS) is 16.8. The van der Waals surface area contributed by atoms with Crippen LogP contribution in [0.1, 0.15) is 74.7 Å². The van der Waals surface area contributed by atoms with Crippen molar-refractivity contribution in [1.29, 1.82) is 0 Å². The molecule has 1 saturated heterocycles. The Morgan fingerprint density at radius 3 is 2.18 bits per heavy atom. The fourth-order valence-electron chi connectivity index (χ4n) is 5.80. The summed E-state index contributed by atoms with van der Waals surface area (Å²) in [6.45, 7) is 9.79. The minimum absolute atomic E-state index is 0.0319. The van der Waals surface area contributed by atoms with Crippen molar-refractivity contribution >= 4 is 29.1 Å². The second-order valence-corrected chi connectivity index (χ2v) is 10.4. The number of amides is 3. The maximum absolute atomic E-state index is 13.5. The summed E-state index contributed by atoms with van der Waals surface area (Å²) in [4.78, 5) is 45.7. The molecule has 2 aromatic carbocycles. The molecule has 0 aromatic heterocycles. The van der Waals surface area contributed by atoms with Gasteiger partial charge in [-0.15, -0.1) is 0 Å². The predicted molar refractivity (Wildman–Crippen MR) is 153 cm³/mol. The molecule has 1 saturated carbocycles. The molecule has 0 spiro atoms. The Hall–Kier alpha value is -3.35. The SMILES string of the molecule is CC[C@@H](C(=O)N1CCN(c2ccc(NC(=O)C3CCCC3)cc2C(=O)N(CC)CC)CC1)c1ccccc1. The van der Waals surface area contributed by atoms with E-state index in [1.54, 1.807) is 0 Å². The topological polar surface area (TPSA) is 73.0 Å². The summed E-state index contributed by atoms with van der Waals surface area (Å²) >= 11 is 0. The molecule has 7 heteroatoms. The molecule has 0 bridgehead atoms. The van der Waals surface area contributed by atoms with Crippen molar-refractivity contribution in [3.63, 3.8) is 0 Å². The molecule has 0 radical (unpaired) electrons. The number of benzene rings is 2. The zero-order valence-corrected chi connectivity index (χ0v) is 23.1. The van der Waals surface area contributed by atoms with Gasteiger partial charge in [0.15, 0.2) is 0 Å². The zero-order valence-electron chi connectivity index (χ0n) is 23.1. The number of hydrogen-bond acceptors (Lipinski definition) is 4. The summed E-state index contributed by atoms with van der Waals surface area (Å²) in [7, 11) is 0. The Morgan fingerprint density at radius 2 is 1.58 bits per heavy atom. The van der Waals surface area contributed by atoms with Crippen molar-refractivity contribution in [3.05, 3.63) is 59.7 Å². The van der Waals surface area contributed by atoms with Crippen molar-refractivity contribution in [3.8, 4) is 0 Å². The van der Waals surface area contributed by atoms with Crippen LogP contribution in [0.25, 0.3) is 0 Å². The largest absolute Gasteiger partial charge is 0.367 e. The molecule has 2 aromatic rings. The molecule has 1 N–H and O–H groups in total. The Morgan fingerprint density at radius 1 is 0.921 bits per heavy atom. The lowest BCUT2D eigenvalue weighted by atomic mass is 9.94. The van der Waals surface area contributed by atoms with Crippen LogP contribution in [0, 0.1) is 5.92 Å². The summed E-state index contributed by atoms with van der Waals surface area (Å²) in [5, 5.41) is 3.06. The summed E-state index contributed by atoms with van der Waals surface area (Å²) in [5.74, 6) is 0.112. The van der Waals surface area contributed by atoms with E-state index in [1.807, 2.05) is 72.2 Å². The van der Waals surface area contributed by atoms with Crippen molar-refractivity contribution in [2.45, 2.75) is 58.8 Å². The number of rotatable bonds is 9. The second-order valence-electron chi connectivity index (χ2n) is 10.4. The van der Waals surface area contributed by atoms with Crippen LogP contribution in [0.3, 0.4) is 0 Å². The third kappa shape index (κ3) is 6.20.